The lowest BCUT2D eigenvalue weighted by molar-refractivity contribution is -0.153. The van der Waals surface area contributed by atoms with E-state index in [1.807, 2.05) is 0 Å². The average molecular weight is 1240 g/mol. The molecule has 28 heteroatoms. The highest BCUT2D eigenvalue weighted by atomic mass is 16.6. The highest BCUT2D eigenvalue weighted by Crippen LogP contribution is 2.25. The van der Waals surface area contributed by atoms with Gasteiger partial charge in [0.1, 0.15) is 13.2 Å². The minimum atomic E-state index is -1.23. The smallest absolute Gasteiger partial charge is 0.346 e. The standard InChI is InChI=1S/2C8H6O4.2C8H4O3.2C4H6O4.2C4H4O3.4C3H8/c9-5-11-7-3-1-2-4-8(7)12-6-10;9-7(10)5-3-1-2-4-6(5)8(11)12;2*9-7-5-3-1-2-4-6(5)8(10)11-7;5-3-7-1-2-8-4-6;5-3(6)1-2-4(7)8;2*5-3-1-2-4(6)7-3;4*1-3-2/h1-6H;1-4H,(H,9,10)(H,11,12);2*1-4H;3-4H,1-2H2;1-2H2,(H,5,6)(H,7,8);2*1-2H2;4*3H2,1-2H3. The number of carbonyl (C=O) groups excluding carboxylic acids is 12. The molecule has 2 fully saturated rings. The predicted octanol–water partition coefficient (Wildman–Crippen LogP) is 8.47. The van der Waals surface area contributed by atoms with Crippen molar-refractivity contribution in [3.05, 3.63) is 130 Å². The second-order valence-corrected chi connectivity index (χ2v) is 16.2. The molecule has 0 saturated carbocycles. The number of fused-ring (bicyclic) bond motifs is 2. The van der Waals surface area contributed by atoms with E-state index in [1.54, 1.807) is 60.7 Å². The van der Waals surface area contributed by atoms with Crippen molar-refractivity contribution in [1.82, 2.24) is 0 Å². The second kappa shape index (κ2) is 54.2. The van der Waals surface area contributed by atoms with Gasteiger partial charge in [-0.3, -0.25) is 47.9 Å². The molecule has 0 bridgehead atoms. The van der Waals surface area contributed by atoms with Crippen LogP contribution in [-0.4, -0.2) is 131 Å². The largest absolute Gasteiger partial charge is 0.481 e. The van der Waals surface area contributed by atoms with Gasteiger partial charge in [0.15, 0.2) is 11.5 Å². The van der Waals surface area contributed by atoms with Gasteiger partial charge in [-0.1, -0.05) is 130 Å². The maximum Gasteiger partial charge on any atom is 0.346 e. The Hall–Kier alpha value is -10.8. The van der Waals surface area contributed by atoms with Crippen molar-refractivity contribution in [2.75, 3.05) is 13.2 Å². The summed E-state index contributed by atoms with van der Waals surface area (Å²) in [6, 6.07) is 24.9. The quantitative estimate of drug-likeness (QED) is 0.0302. The highest BCUT2D eigenvalue weighted by molar-refractivity contribution is 6.15. The first-order chi connectivity index (χ1) is 41.9. The first-order valence-corrected chi connectivity index (χ1v) is 26.4. The van der Waals surface area contributed by atoms with Crippen LogP contribution in [0.4, 0.5) is 0 Å². The third-order valence-electron chi connectivity index (χ3n) is 8.22. The molecule has 4 aromatic carbocycles. The Balaban J connectivity index is -0.000000449. The Morgan fingerprint density at radius 1 is 0.375 bits per heavy atom. The van der Waals surface area contributed by atoms with Gasteiger partial charge < -0.3 is 58.3 Å². The molecule has 4 aliphatic rings. The van der Waals surface area contributed by atoms with Crippen molar-refractivity contribution in [2.24, 2.45) is 0 Å². The van der Waals surface area contributed by atoms with Crippen molar-refractivity contribution in [2.45, 2.75) is 120 Å². The molecule has 0 unspecified atom stereocenters. The summed E-state index contributed by atoms with van der Waals surface area (Å²) in [5.41, 5.74) is 1.06. The lowest BCUT2D eigenvalue weighted by Gasteiger charge is -2.02. The lowest BCUT2D eigenvalue weighted by Crippen LogP contribution is -2.06. The molecule has 4 N–H and O–H groups in total. The van der Waals surface area contributed by atoms with Gasteiger partial charge in [0.2, 0.25) is 0 Å². The molecular weight excluding hydrogens is 1170 g/mol. The van der Waals surface area contributed by atoms with E-state index >= 15 is 0 Å². The number of ether oxygens (including phenoxy) is 8. The molecule has 480 valence electrons. The molecule has 0 spiro atoms. The van der Waals surface area contributed by atoms with Crippen LogP contribution in [0.1, 0.15) is 182 Å². The van der Waals surface area contributed by atoms with Crippen LogP contribution >= 0.6 is 0 Å². The molecule has 28 nitrogen and oxygen atoms in total. The summed E-state index contributed by atoms with van der Waals surface area (Å²) in [4.78, 5) is 162. The zero-order valence-corrected chi connectivity index (χ0v) is 49.6. The van der Waals surface area contributed by atoms with Gasteiger partial charge in [0, 0.05) is 0 Å². The van der Waals surface area contributed by atoms with Crippen LogP contribution in [0, 0.1) is 0 Å². The number of aliphatic carboxylic acids is 2. The molecule has 0 aromatic heterocycles. The van der Waals surface area contributed by atoms with E-state index in [0.29, 0.717) is 35.2 Å². The molecule has 0 aliphatic carbocycles. The number of aromatic carboxylic acids is 2. The van der Waals surface area contributed by atoms with Crippen LogP contribution in [0.3, 0.4) is 0 Å². The Morgan fingerprint density at radius 3 is 0.784 bits per heavy atom. The van der Waals surface area contributed by atoms with Gasteiger partial charge in [-0.25, -0.2) is 28.8 Å². The number of hydrogen-bond acceptors (Lipinski definition) is 24. The normalized spacial score (nSPS) is 11.5. The van der Waals surface area contributed by atoms with E-state index in [-0.39, 0.29) is 87.3 Å². The number of hydrogen-bond donors (Lipinski definition) is 4. The number of rotatable bonds is 14. The van der Waals surface area contributed by atoms with Gasteiger partial charge in [-0.2, -0.15) is 0 Å². The lowest BCUT2D eigenvalue weighted by atomic mass is 10.1. The summed E-state index contributed by atoms with van der Waals surface area (Å²) >= 11 is 0. The van der Waals surface area contributed by atoms with Gasteiger partial charge in [0.25, 0.3) is 25.9 Å². The Bertz CT molecular complexity index is 2570. The molecule has 8 rings (SSSR count). The van der Waals surface area contributed by atoms with Crippen molar-refractivity contribution in [3.8, 4) is 11.5 Å². The van der Waals surface area contributed by atoms with E-state index in [0.717, 1.165) is 0 Å². The number of esters is 8. The number of benzene rings is 4. The van der Waals surface area contributed by atoms with Crippen molar-refractivity contribution >= 4 is 97.5 Å². The topological polar surface area (TPSA) is 428 Å². The Kier molecular flexibility index (Phi) is 51.5. The first kappa shape index (κ1) is 83.7. The van der Waals surface area contributed by atoms with E-state index in [9.17, 15) is 76.7 Å². The molecule has 0 atom stereocenters. The SMILES string of the molecule is CCC.CCC.CCC.CCC.O=C(O)CCC(=O)O.O=C(O)c1ccccc1C(=O)O.O=C1CCC(=O)O1.O=C1CCC(=O)O1.O=C1OC(=O)c2ccccc21.O=C1OC(=O)c2ccccc21.O=COCCOC=O.O=COc1ccccc1OC=O. The Labute approximate surface area is 505 Å². The summed E-state index contributed by atoms with van der Waals surface area (Å²) in [5, 5.41) is 32.9. The predicted molar refractivity (Wildman–Crippen MR) is 306 cm³/mol. The molecule has 0 amide bonds. The van der Waals surface area contributed by atoms with Crippen LogP contribution < -0.4 is 9.47 Å². The van der Waals surface area contributed by atoms with Crippen LogP contribution in [0.2, 0.25) is 0 Å². The van der Waals surface area contributed by atoms with Crippen molar-refractivity contribution in [3.63, 3.8) is 0 Å². The fourth-order valence-corrected chi connectivity index (χ4v) is 4.94. The molecular formula is C60H72O28. The second-order valence-electron chi connectivity index (χ2n) is 16.2. The summed E-state index contributed by atoms with van der Waals surface area (Å²) in [5.74, 6) is -7.96. The van der Waals surface area contributed by atoms with E-state index < -0.39 is 71.6 Å². The molecule has 88 heavy (non-hydrogen) atoms. The van der Waals surface area contributed by atoms with E-state index in [1.165, 1.54) is 62.1 Å². The molecule has 4 aliphatic heterocycles. The summed E-state index contributed by atoms with van der Waals surface area (Å²) < 4.78 is 34.3. The minimum Gasteiger partial charge on any atom is -0.481 e. The van der Waals surface area contributed by atoms with Gasteiger partial charge in [-0.05, 0) is 48.5 Å². The summed E-state index contributed by atoms with van der Waals surface area (Å²) in [6.07, 6.45) is 5.46. The fourth-order valence-electron chi connectivity index (χ4n) is 4.94. The monoisotopic (exact) mass is 1240 g/mol. The van der Waals surface area contributed by atoms with Gasteiger partial charge >= 0.3 is 71.6 Å². The summed E-state index contributed by atoms with van der Waals surface area (Å²) in [7, 11) is 0. The number of carboxylic acid groups (broad SMARTS) is 4. The number of carboxylic acids is 4. The zero-order valence-electron chi connectivity index (χ0n) is 49.6. The maximum absolute atomic E-state index is 10.8. The zero-order chi connectivity index (χ0) is 67.8. The number of para-hydroxylation sites is 2. The molecule has 4 aromatic rings. The number of carbonyl (C=O) groups is 16. The summed E-state index contributed by atoms with van der Waals surface area (Å²) in [6.45, 7) is 18.4. The maximum atomic E-state index is 10.8. The van der Waals surface area contributed by atoms with Crippen molar-refractivity contribution in [1.29, 1.82) is 0 Å². The number of cyclic esters (lactones) is 8. The molecule has 4 heterocycles. The van der Waals surface area contributed by atoms with E-state index in [4.69, 9.17) is 20.4 Å². The van der Waals surface area contributed by atoms with Crippen LogP contribution in [-0.2, 0) is 76.4 Å². The van der Waals surface area contributed by atoms with E-state index in [2.05, 4.69) is 93.3 Å². The third-order valence-corrected chi connectivity index (χ3v) is 8.22. The minimum absolute atomic E-state index is 0.127. The molecule has 0 radical (unpaired) electrons. The Morgan fingerprint density at radius 2 is 0.602 bits per heavy atom. The van der Waals surface area contributed by atoms with Crippen molar-refractivity contribution < 1.29 is 135 Å². The molecule has 2 saturated heterocycles. The average Bonchev–Trinajstić information content (AvgIpc) is 2.95. The van der Waals surface area contributed by atoms with Gasteiger partial charge in [-0.15, -0.1) is 0 Å². The highest BCUT2D eigenvalue weighted by Gasteiger charge is 2.29. The fraction of sp³-hybridized carbons (Fsp3) is 0.333. The van der Waals surface area contributed by atoms with Gasteiger partial charge in [0.05, 0.1) is 71.9 Å². The van der Waals surface area contributed by atoms with Crippen LogP contribution in [0.25, 0.3) is 0 Å². The van der Waals surface area contributed by atoms with Crippen LogP contribution in [0.5, 0.6) is 11.5 Å². The van der Waals surface area contributed by atoms with Crippen LogP contribution in [0.15, 0.2) is 97.1 Å². The third kappa shape index (κ3) is 42.1. The first-order valence-electron chi connectivity index (χ1n) is 26.4.